The van der Waals surface area contributed by atoms with Crippen LogP contribution in [-0.2, 0) is 16.6 Å². The van der Waals surface area contributed by atoms with Crippen molar-refractivity contribution in [3.05, 3.63) is 70.3 Å². The summed E-state index contributed by atoms with van der Waals surface area (Å²) >= 11 is 0. The van der Waals surface area contributed by atoms with Gasteiger partial charge in [0.1, 0.15) is 30.5 Å². The van der Waals surface area contributed by atoms with Crippen molar-refractivity contribution in [1.82, 2.24) is 0 Å². The molecule has 0 aromatic heterocycles. The van der Waals surface area contributed by atoms with Gasteiger partial charge in [-0.2, -0.15) is 0 Å². The summed E-state index contributed by atoms with van der Waals surface area (Å²) in [6, 6.07) is 14.4. The van der Waals surface area contributed by atoms with E-state index in [0.717, 1.165) is 17.5 Å². The van der Waals surface area contributed by atoms with Crippen LogP contribution in [0.1, 0.15) is 54.7 Å². The van der Waals surface area contributed by atoms with E-state index in [1.807, 2.05) is 18.2 Å². The Labute approximate surface area is 172 Å². The SMILES string of the molecule is CCc1ccc(C(C)(C)c2cc(C3OC(CO)C(O)C(O)C3O)ccc2C)cc1. The lowest BCUT2D eigenvalue weighted by molar-refractivity contribution is -0.231. The predicted octanol–water partition coefficient (Wildman–Crippen LogP) is 2.40. The van der Waals surface area contributed by atoms with Crippen molar-refractivity contribution in [2.24, 2.45) is 0 Å². The number of benzene rings is 2. The fourth-order valence-electron chi connectivity index (χ4n) is 4.18. The third-order valence-corrected chi connectivity index (χ3v) is 6.24. The summed E-state index contributed by atoms with van der Waals surface area (Å²) in [5, 5.41) is 40.2. The van der Waals surface area contributed by atoms with E-state index >= 15 is 0 Å². The summed E-state index contributed by atoms with van der Waals surface area (Å²) in [7, 11) is 0. The largest absolute Gasteiger partial charge is 0.394 e. The van der Waals surface area contributed by atoms with E-state index in [4.69, 9.17) is 4.74 Å². The number of hydrogen-bond donors (Lipinski definition) is 4. The van der Waals surface area contributed by atoms with E-state index in [1.165, 1.54) is 11.1 Å². The van der Waals surface area contributed by atoms with Gasteiger partial charge in [0.2, 0.25) is 0 Å². The molecule has 0 bridgehead atoms. The third kappa shape index (κ3) is 4.11. The zero-order valence-electron chi connectivity index (χ0n) is 17.5. The minimum atomic E-state index is -1.38. The summed E-state index contributed by atoms with van der Waals surface area (Å²) in [5.74, 6) is 0. The summed E-state index contributed by atoms with van der Waals surface area (Å²) in [5.41, 5.74) is 5.11. The second kappa shape index (κ2) is 8.54. The van der Waals surface area contributed by atoms with Crippen LogP contribution >= 0.6 is 0 Å². The molecule has 29 heavy (non-hydrogen) atoms. The molecule has 4 N–H and O–H groups in total. The van der Waals surface area contributed by atoms with E-state index in [1.54, 1.807) is 0 Å². The highest BCUT2D eigenvalue weighted by molar-refractivity contribution is 5.45. The van der Waals surface area contributed by atoms with E-state index in [9.17, 15) is 20.4 Å². The Balaban J connectivity index is 1.99. The highest BCUT2D eigenvalue weighted by atomic mass is 16.5. The Morgan fingerprint density at radius 2 is 1.59 bits per heavy atom. The van der Waals surface area contributed by atoms with Crippen LogP contribution in [0.3, 0.4) is 0 Å². The molecule has 5 atom stereocenters. The molecule has 1 aliphatic heterocycles. The summed E-state index contributed by atoms with van der Waals surface area (Å²) in [4.78, 5) is 0. The maximum atomic E-state index is 10.5. The van der Waals surface area contributed by atoms with Crippen LogP contribution in [0.2, 0.25) is 0 Å². The van der Waals surface area contributed by atoms with Gasteiger partial charge in [-0.25, -0.2) is 0 Å². The first-order chi connectivity index (χ1) is 13.7. The number of aliphatic hydroxyl groups excluding tert-OH is 4. The molecule has 0 saturated carbocycles. The molecule has 0 aliphatic carbocycles. The van der Waals surface area contributed by atoms with Gasteiger partial charge in [-0.1, -0.05) is 63.2 Å². The normalized spacial score (nSPS) is 27.8. The molecule has 1 fully saturated rings. The second-order valence-corrected chi connectivity index (χ2v) is 8.50. The lowest BCUT2D eigenvalue weighted by atomic mass is 9.75. The Morgan fingerprint density at radius 3 is 2.17 bits per heavy atom. The van der Waals surface area contributed by atoms with Crippen molar-refractivity contribution < 1.29 is 25.2 Å². The Morgan fingerprint density at radius 1 is 0.931 bits per heavy atom. The molecule has 5 nitrogen and oxygen atoms in total. The minimum absolute atomic E-state index is 0.277. The molecule has 2 aromatic rings. The number of ether oxygens (including phenoxy) is 1. The van der Waals surface area contributed by atoms with E-state index in [2.05, 4.69) is 52.0 Å². The number of aliphatic hydroxyl groups is 4. The Kier molecular flexibility index (Phi) is 6.46. The maximum absolute atomic E-state index is 10.5. The first kappa shape index (κ1) is 21.9. The Bertz CT molecular complexity index is 828. The van der Waals surface area contributed by atoms with Gasteiger partial charge in [-0.3, -0.25) is 0 Å². The zero-order chi connectivity index (χ0) is 21.3. The lowest BCUT2D eigenvalue weighted by Gasteiger charge is -2.40. The van der Waals surface area contributed by atoms with Gasteiger partial charge >= 0.3 is 0 Å². The smallest absolute Gasteiger partial charge is 0.113 e. The predicted molar refractivity (Wildman–Crippen MR) is 112 cm³/mol. The quantitative estimate of drug-likeness (QED) is 0.619. The molecule has 1 heterocycles. The summed E-state index contributed by atoms with van der Waals surface area (Å²) < 4.78 is 5.75. The van der Waals surface area contributed by atoms with Crippen LogP contribution in [0.15, 0.2) is 42.5 Å². The molecule has 2 aromatic carbocycles. The van der Waals surface area contributed by atoms with Gasteiger partial charge in [-0.05, 0) is 41.2 Å². The zero-order valence-corrected chi connectivity index (χ0v) is 17.5. The van der Waals surface area contributed by atoms with Crippen molar-refractivity contribution in [2.45, 2.75) is 70.1 Å². The molecule has 158 valence electrons. The Hall–Kier alpha value is -1.76. The van der Waals surface area contributed by atoms with Crippen LogP contribution in [0.4, 0.5) is 0 Å². The molecule has 5 unspecified atom stereocenters. The van der Waals surface area contributed by atoms with Crippen molar-refractivity contribution in [1.29, 1.82) is 0 Å². The fraction of sp³-hybridized carbons (Fsp3) is 0.500. The number of rotatable bonds is 5. The molecule has 5 heteroatoms. The first-order valence-corrected chi connectivity index (χ1v) is 10.2. The van der Waals surface area contributed by atoms with Gasteiger partial charge in [0, 0.05) is 5.41 Å². The third-order valence-electron chi connectivity index (χ3n) is 6.24. The highest BCUT2D eigenvalue weighted by Crippen LogP contribution is 2.38. The van der Waals surface area contributed by atoms with Gasteiger partial charge in [0.05, 0.1) is 6.61 Å². The van der Waals surface area contributed by atoms with Crippen molar-refractivity contribution in [2.75, 3.05) is 6.61 Å². The van der Waals surface area contributed by atoms with Crippen LogP contribution in [0.5, 0.6) is 0 Å². The van der Waals surface area contributed by atoms with E-state index in [-0.39, 0.29) is 5.41 Å². The molecule has 0 spiro atoms. The molecule has 1 saturated heterocycles. The van der Waals surface area contributed by atoms with Gasteiger partial charge in [0.15, 0.2) is 0 Å². The van der Waals surface area contributed by atoms with Crippen LogP contribution in [0, 0.1) is 6.92 Å². The van der Waals surface area contributed by atoms with Crippen LogP contribution in [-0.4, -0.2) is 51.4 Å². The van der Waals surface area contributed by atoms with Crippen molar-refractivity contribution in [3.63, 3.8) is 0 Å². The molecule has 3 rings (SSSR count). The average molecular weight is 401 g/mol. The van der Waals surface area contributed by atoms with Gasteiger partial charge in [-0.15, -0.1) is 0 Å². The number of hydrogen-bond acceptors (Lipinski definition) is 5. The molecule has 0 radical (unpaired) electrons. The van der Waals surface area contributed by atoms with Crippen molar-refractivity contribution in [3.8, 4) is 0 Å². The maximum Gasteiger partial charge on any atom is 0.113 e. The first-order valence-electron chi connectivity index (χ1n) is 10.2. The summed E-state index contributed by atoms with van der Waals surface area (Å²) in [6.07, 6.45) is -4.78. The fourth-order valence-corrected chi connectivity index (χ4v) is 4.18. The molecule has 0 amide bonds. The van der Waals surface area contributed by atoms with Crippen LogP contribution < -0.4 is 0 Å². The lowest BCUT2D eigenvalue weighted by Crippen LogP contribution is -2.55. The van der Waals surface area contributed by atoms with Gasteiger partial charge < -0.3 is 25.2 Å². The van der Waals surface area contributed by atoms with E-state index < -0.39 is 37.1 Å². The standard InChI is InChI=1S/C24H32O5/c1-5-15-7-10-17(11-8-15)24(3,4)18-12-16(9-6-14(18)2)23-22(28)21(27)20(26)19(13-25)29-23/h6-12,19-23,25-28H,5,13H2,1-4H3. The minimum Gasteiger partial charge on any atom is -0.394 e. The average Bonchev–Trinajstić information content (AvgIpc) is 2.73. The molecule has 1 aliphatic rings. The van der Waals surface area contributed by atoms with Gasteiger partial charge in [0.25, 0.3) is 0 Å². The van der Waals surface area contributed by atoms with E-state index in [0.29, 0.717) is 5.56 Å². The summed E-state index contributed by atoms with van der Waals surface area (Å²) in [6.45, 7) is 8.07. The monoisotopic (exact) mass is 400 g/mol. The van der Waals surface area contributed by atoms with Crippen molar-refractivity contribution >= 4 is 0 Å². The molecular formula is C24H32O5. The second-order valence-electron chi connectivity index (χ2n) is 8.50. The topological polar surface area (TPSA) is 90.2 Å². The number of aryl methyl sites for hydroxylation is 2. The van der Waals surface area contributed by atoms with Crippen LogP contribution in [0.25, 0.3) is 0 Å². The highest BCUT2D eigenvalue weighted by Gasteiger charge is 2.44. The molecular weight excluding hydrogens is 368 g/mol.